The quantitative estimate of drug-likeness (QED) is 0.749. The van der Waals surface area contributed by atoms with Gasteiger partial charge < -0.3 is 15.7 Å². The minimum absolute atomic E-state index is 0.0365. The zero-order chi connectivity index (χ0) is 15.8. The molecule has 0 spiro atoms. The lowest BCUT2D eigenvalue weighted by atomic mass is 10.1. The number of benzene rings is 1. The zero-order valence-corrected chi connectivity index (χ0v) is 11.5. The number of rotatable bonds is 6. The SMILES string of the molecule is CCCC[C@H](NC(=O)Nc1ccc(F)cc1C#N)C(=O)O. The summed E-state index contributed by atoms with van der Waals surface area (Å²) in [7, 11) is 0. The van der Waals surface area contributed by atoms with Crippen molar-refractivity contribution in [1.29, 1.82) is 5.26 Å². The summed E-state index contributed by atoms with van der Waals surface area (Å²) in [6.07, 6.45) is 1.79. The first-order valence-electron chi connectivity index (χ1n) is 6.48. The minimum Gasteiger partial charge on any atom is -0.480 e. The number of nitrogens with zero attached hydrogens (tertiary/aromatic N) is 1. The Morgan fingerprint density at radius 2 is 2.19 bits per heavy atom. The molecule has 2 amide bonds. The molecule has 0 saturated carbocycles. The van der Waals surface area contributed by atoms with Crippen LogP contribution < -0.4 is 10.6 Å². The maximum Gasteiger partial charge on any atom is 0.326 e. The minimum atomic E-state index is -1.13. The van der Waals surface area contributed by atoms with Crippen molar-refractivity contribution in [3.8, 4) is 6.07 Å². The number of anilines is 1. The highest BCUT2D eigenvalue weighted by atomic mass is 19.1. The van der Waals surface area contributed by atoms with E-state index in [0.29, 0.717) is 12.8 Å². The lowest BCUT2D eigenvalue weighted by Gasteiger charge is -2.15. The highest BCUT2D eigenvalue weighted by Gasteiger charge is 2.19. The van der Waals surface area contributed by atoms with Gasteiger partial charge in [0.1, 0.15) is 17.9 Å². The molecule has 6 nitrogen and oxygen atoms in total. The number of carboxylic acids is 1. The van der Waals surface area contributed by atoms with E-state index in [2.05, 4.69) is 10.6 Å². The largest absolute Gasteiger partial charge is 0.480 e. The summed E-state index contributed by atoms with van der Waals surface area (Å²) in [5.41, 5.74) is 0.0848. The van der Waals surface area contributed by atoms with Gasteiger partial charge in [-0.15, -0.1) is 0 Å². The molecule has 1 rings (SSSR count). The number of carbonyl (C=O) groups is 2. The normalized spacial score (nSPS) is 11.3. The van der Waals surface area contributed by atoms with Gasteiger partial charge in [0.2, 0.25) is 0 Å². The number of carbonyl (C=O) groups excluding carboxylic acids is 1. The standard InChI is InChI=1S/C14H16FN3O3/c1-2-3-4-12(13(19)20)18-14(21)17-11-6-5-10(15)7-9(11)8-16/h5-7,12H,2-4H2,1H3,(H,19,20)(H2,17,18,21)/t12-/m0/s1. The van der Waals surface area contributed by atoms with E-state index in [4.69, 9.17) is 10.4 Å². The zero-order valence-electron chi connectivity index (χ0n) is 11.5. The Labute approximate surface area is 121 Å². The summed E-state index contributed by atoms with van der Waals surface area (Å²) >= 11 is 0. The molecule has 3 N–H and O–H groups in total. The third-order valence-corrected chi connectivity index (χ3v) is 2.80. The predicted molar refractivity (Wildman–Crippen MR) is 74.2 cm³/mol. The van der Waals surface area contributed by atoms with Crippen LogP contribution in [0.25, 0.3) is 0 Å². The van der Waals surface area contributed by atoms with Gasteiger partial charge in [-0.3, -0.25) is 0 Å². The molecule has 0 bridgehead atoms. The van der Waals surface area contributed by atoms with Crippen LogP contribution in [0.3, 0.4) is 0 Å². The molecular weight excluding hydrogens is 277 g/mol. The first-order valence-corrected chi connectivity index (χ1v) is 6.48. The summed E-state index contributed by atoms with van der Waals surface area (Å²) < 4.78 is 13.0. The van der Waals surface area contributed by atoms with Crippen molar-refractivity contribution in [2.45, 2.75) is 32.2 Å². The summed E-state index contributed by atoms with van der Waals surface area (Å²) in [6.45, 7) is 1.91. The van der Waals surface area contributed by atoms with Crippen molar-refractivity contribution >= 4 is 17.7 Å². The molecule has 1 aromatic rings. The lowest BCUT2D eigenvalue weighted by molar-refractivity contribution is -0.139. The van der Waals surface area contributed by atoms with Gasteiger partial charge in [0, 0.05) is 0 Å². The number of halogens is 1. The second-order valence-electron chi connectivity index (χ2n) is 4.43. The van der Waals surface area contributed by atoms with Crippen LogP contribution in [0.5, 0.6) is 0 Å². The number of carboxylic acid groups (broad SMARTS) is 1. The Bertz CT molecular complexity index is 569. The van der Waals surface area contributed by atoms with Crippen molar-refractivity contribution in [1.82, 2.24) is 5.32 Å². The van der Waals surface area contributed by atoms with E-state index in [1.165, 1.54) is 6.07 Å². The van der Waals surface area contributed by atoms with Crippen LogP contribution >= 0.6 is 0 Å². The van der Waals surface area contributed by atoms with Gasteiger partial charge in [-0.2, -0.15) is 5.26 Å². The van der Waals surface area contributed by atoms with Gasteiger partial charge in [-0.05, 0) is 24.6 Å². The van der Waals surface area contributed by atoms with Crippen molar-refractivity contribution in [2.75, 3.05) is 5.32 Å². The van der Waals surface area contributed by atoms with Crippen LogP contribution in [0.15, 0.2) is 18.2 Å². The molecular formula is C14H16FN3O3. The molecule has 112 valence electrons. The Morgan fingerprint density at radius 3 is 2.76 bits per heavy atom. The Hall–Kier alpha value is -2.62. The van der Waals surface area contributed by atoms with Crippen LogP contribution in [0.1, 0.15) is 31.7 Å². The highest BCUT2D eigenvalue weighted by Crippen LogP contribution is 2.15. The third-order valence-electron chi connectivity index (χ3n) is 2.80. The number of amides is 2. The van der Waals surface area contributed by atoms with Crippen molar-refractivity contribution < 1.29 is 19.1 Å². The van der Waals surface area contributed by atoms with Gasteiger partial charge in [-0.25, -0.2) is 14.0 Å². The second kappa shape index (κ2) is 7.85. The maximum atomic E-state index is 13.0. The predicted octanol–water partition coefficient (Wildman–Crippen LogP) is 2.46. The molecule has 1 aromatic carbocycles. The van der Waals surface area contributed by atoms with Crippen LogP contribution in [-0.4, -0.2) is 23.1 Å². The van der Waals surface area contributed by atoms with E-state index in [0.717, 1.165) is 18.6 Å². The number of hydrogen-bond acceptors (Lipinski definition) is 3. The number of urea groups is 1. The van der Waals surface area contributed by atoms with Crippen molar-refractivity contribution in [3.05, 3.63) is 29.6 Å². The summed E-state index contributed by atoms with van der Waals surface area (Å²) in [5.74, 6) is -1.72. The van der Waals surface area contributed by atoms with E-state index < -0.39 is 23.9 Å². The van der Waals surface area contributed by atoms with E-state index in [9.17, 15) is 14.0 Å². The maximum absolute atomic E-state index is 13.0. The van der Waals surface area contributed by atoms with E-state index in [1.54, 1.807) is 6.07 Å². The third kappa shape index (κ3) is 5.10. The molecule has 0 aliphatic heterocycles. The number of hydrogen-bond donors (Lipinski definition) is 3. The first kappa shape index (κ1) is 16.4. The fraction of sp³-hybridized carbons (Fsp3) is 0.357. The number of aliphatic carboxylic acids is 1. The first-order chi connectivity index (χ1) is 9.97. The smallest absolute Gasteiger partial charge is 0.326 e. The Balaban J connectivity index is 2.72. The van der Waals surface area contributed by atoms with Crippen LogP contribution in [0.2, 0.25) is 0 Å². The Kier molecular flexibility index (Phi) is 6.14. The number of nitrogens with one attached hydrogen (secondary N) is 2. The average Bonchev–Trinajstić information content (AvgIpc) is 2.44. The number of nitriles is 1. The van der Waals surface area contributed by atoms with Gasteiger partial charge in [0.15, 0.2) is 0 Å². The van der Waals surface area contributed by atoms with Crippen LogP contribution in [0, 0.1) is 17.1 Å². The van der Waals surface area contributed by atoms with E-state index in [-0.39, 0.29) is 11.3 Å². The molecule has 0 saturated heterocycles. The molecule has 1 atom stereocenters. The summed E-state index contributed by atoms with van der Waals surface area (Å²) in [6, 6.07) is 3.33. The average molecular weight is 293 g/mol. The Morgan fingerprint density at radius 1 is 1.48 bits per heavy atom. The highest BCUT2D eigenvalue weighted by molar-refractivity contribution is 5.93. The van der Waals surface area contributed by atoms with Gasteiger partial charge in [0.05, 0.1) is 11.3 Å². The molecule has 0 aliphatic carbocycles. The molecule has 0 fully saturated rings. The monoisotopic (exact) mass is 293 g/mol. The molecule has 7 heteroatoms. The fourth-order valence-electron chi connectivity index (χ4n) is 1.70. The molecule has 0 radical (unpaired) electrons. The topological polar surface area (TPSA) is 102 Å². The van der Waals surface area contributed by atoms with Crippen LogP contribution in [-0.2, 0) is 4.79 Å². The second-order valence-corrected chi connectivity index (χ2v) is 4.43. The van der Waals surface area contributed by atoms with Gasteiger partial charge in [-0.1, -0.05) is 19.8 Å². The van der Waals surface area contributed by atoms with Gasteiger partial charge in [0.25, 0.3) is 0 Å². The molecule has 0 aromatic heterocycles. The van der Waals surface area contributed by atoms with Crippen molar-refractivity contribution in [2.24, 2.45) is 0 Å². The molecule has 21 heavy (non-hydrogen) atoms. The molecule has 0 heterocycles. The van der Waals surface area contributed by atoms with E-state index in [1.807, 2.05) is 6.92 Å². The van der Waals surface area contributed by atoms with Crippen molar-refractivity contribution in [3.63, 3.8) is 0 Å². The lowest BCUT2D eigenvalue weighted by Crippen LogP contribution is -2.43. The van der Waals surface area contributed by atoms with E-state index >= 15 is 0 Å². The molecule has 0 aliphatic rings. The summed E-state index contributed by atoms with van der Waals surface area (Å²) in [5, 5.41) is 22.5. The number of unbranched alkanes of at least 4 members (excludes halogenated alkanes) is 1. The molecule has 0 unspecified atom stereocenters. The van der Waals surface area contributed by atoms with Crippen LogP contribution in [0.4, 0.5) is 14.9 Å². The summed E-state index contributed by atoms with van der Waals surface area (Å²) in [4.78, 5) is 22.8. The fourth-order valence-corrected chi connectivity index (χ4v) is 1.70. The van der Waals surface area contributed by atoms with Gasteiger partial charge >= 0.3 is 12.0 Å².